The third kappa shape index (κ3) is 2.66. The van der Waals surface area contributed by atoms with Crippen molar-refractivity contribution in [3.63, 3.8) is 0 Å². The summed E-state index contributed by atoms with van der Waals surface area (Å²) in [6.45, 7) is 4.21. The molecule has 1 amide bonds. The molecule has 0 spiro atoms. The molecule has 2 aromatic rings. The lowest BCUT2D eigenvalue weighted by Gasteiger charge is -2.38. The Bertz CT molecular complexity index is 705. The Labute approximate surface area is 131 Å². The van der Waals surface area contributed by atoms with E-state index in [1.807, 2.05) is 44.4 Å². The molecule has 1 fully saturated rings. The van der Waals surface area contributed by atoms with Gasteiger partial charge in [-0.1, -0.05) is 31.2 Å². The summed E-state index contributed by atoms with van der Waals surface area (Å²) in [5.41, 5.74) is 1.92. The SMILES string of the molecule is CN(C)c1ccc(C(=O)NCC2(C)COC2)c2ccccc12. The molecule has 1 saturated heterocycles. The minimum absolute atomic E-state index is 0.0189. The van der Waals surface area contributed by atoms with Crippen LogP contribution < -0.4 is 10.2 Å². The average Bonchev–Trinajstić information content (AvgIpc) is 2.49. The molecule has 0 unspecified atom stereocenters. The molecule has 0 aromatic heterocycles. The maximum Gasteiger partial charge on any atom is 0.251 e. The van der Waals surface area contributed by atoms with Crippen molar-refractivity contribution in [3.05, 3.63) is 42.0 Å². The molecule has 1 heterocycles. The number of hydrogen-bond donors (Lipinski definition) is 1. The Morgan fingerprint density at radius 1 is 1.18 bits per heavy atom. The normalized spacial score (nSPS) is 16.1. The number of nitrogens with one attached hydrogen (secondary N) is 1. The number of ether oxygens (including phenoxy) is 1. The molecule has 0 atom stereocenters. The Morgan fingerprint density at radius 2 is 1.86 bits per heavy atom. The second kappa shape index (κ2) is 5.61. The van der Waals surface area contributed by atoms with Gasteiger partial charge >= 0.3 is 0 Å². The third-order valence-electron chi connectivity index (χ3n) is 4.20. The monoisotopic (exact) mass is 298 g/mol. The molecule has 1 aliphatic rings. The lowest BCUT2D eigenvalue weighted by atomic mass is 9.88. The van der Waals surface area contributed by atoms with Gasteiger partial charge in [0.2, 0.25) is 0 Å². The number of carbonyl (C=O) groups excluding carboxylic acids is 1. The summed E-state index contributed by atoms with van der Waals surface area (Å²) in [7, 11) is 4.03. The lowest BCUT2D eigenvalue weighted by Crippen LogP contribution is -2.48. The molecule has 4 heteroatoms. The van der Waals surface area contributed by atoms with Gasteiger partial charge in [0.15, 0.2) is 0 Å². The first kappa shape index (κ1) is 14.9. The zero-order chi connectivity index (χ0) is 15.7. The quantitative estimate of drug-likeness (QED) is 0.943. The maximum atomic E-state index is 12.6. The first-order valence-electron chi connectivity index (χ1n) is 7.55. The van der Waals surface area contributed by atoms with E-state index in [9.17, 15) is 4.79 Å². The predicted molar refractivity (Wildman–Crippen MR) is 89.5 cm³/mol. The van der Waals surface area contributed by atoms with Crippen LogP contribution in [0.5, 0.6) is 0 Å². The first-order chi connectivity index (χ1) is 10.5. The van der Waals surface area contributed by atoms with Crippen molar-refractivity contribution in [2.24, 2.45) is 5.41 Å². The number of anilines is 1. The molecule has 4 nitrogen and oxygen atoms in total. The van der Waals surface area contributed by atoms with E-state index in [1.165, 1.54) is 0 Å². The van der Waals surface area contributed by atoms with Crippen molar-refractivity contribution in [1.82, 2.24) is 5.32 Å². The van der Waals surface area contributed by atoms with Gasteiger partial charge in [-0.2, -0.15) is 0 Å². The van der Waals surface area contributed by atoms with Crippen LogP contribution in [0.4, 0.5) is 5.69 Å². The number of rotatable bonds is 4. The van der Waals surface area contributed by atoms with E-state index >= 15 is 0 Å². The highest BCUT2D eigenvalue weighted by atomic mass is 16.5. The zero-order valence-corrected chi connectivity index (χ0v) is 13.3. The summed E-state index contributed by atoms with van der Waals surface area (Å²) in [5, 5.41) is 5.13. The number of benzene rings is 2. The molecule has 22 heavy (non-hydrogen) atoms. The standard InChI is InChI=1S/C18H22N2O2/c1-18(11-22-12-18)10-19-17(21)15-8-9-16(20(2)3)14-7-5-4-6-13(14)15/h4-9H,10-12H2,1-3H3,(H,19,21). The zero-order valence-electron chi connectivity index (χ0n) is 13.3. The Morgan fingerprint density at radius 3 is 2.45 bits per heavy atom. The summed E-state index contributed by atoms with van der Waals surface area (Å²) in [6.07, 6.45) is 0. The highest BCUT2D eigenvalue weighted by Crippen LogP contribution is 2.29. The van der Waals surface area contributed by atoms with Gasteiger partial charge in [-0.25, -0.2) is 0 Å². The fourth-order valence-electron chi connectivity index (χ4n) is 2.81. The molecule has 1 N–H and O–H groups in total. The van der Waals surface area contributed by atoms with E-state index in [4.69, 9.17) is 4.74 Å². The van der Waals surface area contributed by atoms with Gasteiger partial charge < -0.3 is 15.0 Å². The van der Waals surface area contributed by atoms with Crippen LogP contribution in [0.1, 0.15) is 17.3 Å². The van der Waals surface area contributed by atoms with Gasteiger partial charge in [0.1, 0.15) is 0 Å². The van der Waals surface area contributed by atoms with Crippen LogP contribution in [0.15, 0.2) is 36.4 Å². The molecule has 116 valence electrons. The number of nitrogens with zero attached hydrogens (tertiary/aromatic N) is 1. The van der Waals surface area contributed by atoms with Gasteiger partial charge in [-0.05, 0) is 17.5 Å². The summed E-state index contributed by atoms with van der Waals surface area (Å²) in [4.78, 5) is 14.6. The highest BCUT2D eigenvalue weighted by Gasteiger charge is 2.33. The highest BCUT2D eigenvalue weighted by molar-refractivity contribution is 6.10. The van der Waals surface area contributed by atoms with Crippen LogP contribution >= 0.6 is 0 Å². The van der Waals surface area contributed by atoms with E-state index in [0.717, 1.165) is 22.0 Å². The molecular weight excluding hydrogens is 276 g/mol. The lowest BCUT2D eigenvalue weighted by molar-refractivity contribution is -0.0978. The molecule has 3 rings (SSSR count). The minimum Gasteiger partial charge on any atom is -0.380 e. The molecular formula is C18H22N2O2. The smallest absolute Gasteiger partial charge is 0.251 e. The molecule has 0 bridgehead atoms. The molecule has 2 aromatic carbocycles. The Balaban J connectivity index is 1.90. The minimum atomic E-state index is -0.0189. The second-order valence-electron chi connectivity index (χ2n) is 6.56. The van der Waals surface area contributed by atoms with Crippen LogP contribution in [0.25, 0.3) is 10.8 Å². The van der Waals surface area contributed by atoms with Gasteiger partial charge in [0, 0.05) is 42.7 Å². The number of fused-ring (bicyclic) bond motifs is 1. The summed E-state index contributed by atoms with van der Waals surface area (Å²) < 4.78 is 5.23. The number of hydrogen-bond acceptors (Lipinski definition) is 3. The molecule has 0 radical (unpaired) electrons. The van der Waals surface area contributed by atoms with Crippen molar-refractivity contribution >= 4 is 22.4 Å². The Kier molecular flexibility index (Phi) is 3.79. The van der Waals surface area contributed by atoms with Gasteiger partial charge in [-0.3, -0.25) is 4.79 Å². The summed E-state index contributed by atoms with van der Waals surface area (Å²) >= 11 is 0. The summed E-state index contributed by atoms with van der Waals surface area (Å²) in [5.74, 6) is -0.0189. The Hall–Kier alpha value is -2.07. The van der Waals surface area contributed by atoms with Crippen molar-refractivity contribution < 1.29 is 9.53 Å². The van der Waals surface area contributed by atoms with Crippen molar-refractivity contribution in [2.45, 2.75) is 6.92 Å². The van der Waals surface area contributed by atoms with Crippen LogP contribution in [-0.4, -0.2) is 39.8 Å². The second-order valence-corrected chi connectivity index (χ2v) is 6.56. The largest absolute Gasteiger partial charge is 0.380 e. The average molecular weight is 298 g/mol. The van der Waals surface area contributed by atoms with Crippen molar-refractivity contribution in [2.75, 3.05) is 38.8 Å². The van der Waals surface area contributed by atoms with Crippen molar-refractivity contribution in [3.8, 4) is 0 Å². The maximum absolute atomic E-state index is 12.6. The van der Waals surface area contributed by atoms with Crippen LogP contribution in [0.2, 0.25) is 0 Å². The number of carbonyl (C=O) groups is 1. The first-order valence-corrected chi connectivity index (χ1v) is 7.55. The van der Waals surface area contributed by atoms with E-state index in [0.29, 0.717) is 19.8 Å². The van der Waals surface area contributed by atoms with E-state index in [1.54, 1.807) is 0 Å². The molecule has 0 aliphatic carbocycles. The molecule has 0 saturated carbocycles. The summed E-state index contributed by atoms with van der Waals surface area (Å²) in [6, 6.07) is 12.0. The topological polar surface area (TPSA) is 41.6 Å². The van der Waals surface area contributed by atoms with Crippen molar-refractivity contribution in [1.29, 1.82) is 0 Å². The van der Waals surface area contributed by atoms with Crippen LogP contribution in [0, 0.1) is 5.41 Å². The van der Waals surface area contributed by atoms with Crippen LogP contribution in [0.3, 0.4) is 0 Å². The van der Waals surface area contributed by atoms with E-state index in [-0.39, 0.29) is 11.3 Å². The number of amides is 1. The predicted octanol–water partition coefficient (Wildman–Crippen LogP) is 2.67. The van der Waals surface area contributed by atoms with Gasteiger partial charge in [-0.15, -0.1) is 0 Å². The fraction of sp³-hybridized carbons (Fsp3) is 0.389. The van der Waals surface area contributed by atoms with E-state index in [2.05, 4.69) is 23.2 Å². The van der Waals surface area contributed by atoms with Crippen LogP contribution in [-0.2, 0) is 4.74 Å². The van der Waals surface area contributed by atoms with E-state index < -0.39 is 0 Å². The van der Waals surface area contributed by atoms with Gasteiger partial charge in [0.05, 0.1) is 13.2 Å². The van der Waals surface area contributed by atoms with Gasteiger partial charge in [0.25, 0.3) is 5.91 Å². The molecule has 1 aliphatic heterocycles. The fourth-order valence-corrected chi connectivity index (χ4v) is 2.81. The third-order valence-corrected chi connectivity index (χ3v) is 4.20.